The molecule has 2 aromatic rings. The predicted molar refractivity (Wildman–Crippen MR) is 77.8 cm³/mol. The number of nitrogens with one attached hydrogen (secondary N) is 3. The van der Waals surface area contributed by atoms with Crippen LogP contribution >= 0.6 is 24.0 Å². The first-order chi connectivity index (χ1) is 7.79. The third-order valence-electron chi connectivity index (χ3n) is 2.11. The van der Waals surface area contributed by atoms with Gasteiger partial charge in [-0.25, -0.2) is 0 Å². The van der Waals surface area contributed by atoms with Crippen molar-refractivity contribution in [3.05, 3.63) is 36.4 Å². The third kappa shape index (κ3) is 3.45. The summed E-state index contributed by atoms with van der Waals surface area (Å²) in [4.78, 5) is 0. The van der Waals surface area contributed by atoms with Gasteiger partial charge in [0, 0.05) is 6.07 Å². The second-order valence-electron chi connectivity index (χ2n) is 3.19. The first-order valence-corrected chi connectivity index (χ1v) is 4.80. The molecule has 0 radical (unpaired) electrons. The van der Waals surface area contributed by atoms with Gasteiger partial charge in [-0.05, 0) is 5.56 Å². The number of hydrogen-bond acceptors (Lipinski definition) is 3. The standard InChI is InChI=1S/C11H12N4O.HI/c1-16-11(12)13-10-7-9(14-15-10)8-5-3-2-4-6-8;/h2-7H,1H3,(H3,12,13,14,15);1H. The van der Waals surface area contributed by atoms with Crippen LogP contribution in [0.15, 0.2) is 36.4 Å². The Morgan fingerprint density at radius 1 is 1.35 bits per heavy atom. The highest BCUT2D eigenvalue weighted by Crippen LogP contribution is 2.18. The van der Waals surface area contributed by atoms with E-state index in [0.717, 1.165) is 11.3 Å². The van der Waals surface area contributed by atoms with E-state index in [4.69, 9.17) is 5.41 Å². The molecule has 0 spiro atoms. The van der Waals surface area contributed by atoms with Crippen LogP contribution in [0.2, 0.25) is 0 Å². The van der Waals surface area contributed by atoms with Gasteiger partial charge in [-0.2, -0.15) is 5.10 Å². The molecule has 1 aromatic carbocycles. The van der Waals surface area contributed by atoms with Crippen molar-refractivity contribution in [2.24, 2.45) is 0 Å². The van der Waals surface area contributed by atoms with Crippen LogP contribution < -0.4 is 5.32 Å². The SMILES string of the molecule is COC(=N)Nc1cc(-c2ccccc2)[nH]n1.I. The number of halogens is 1. The molecule has 2 rings (SSSR count). The van der Waals surface area contributed by atoms with Gasteiger partial charge in [0.25, 0.3) is 6.02 Å². The topological polar surface area (TPSA) is 73.8 Å². The Kier molecular flexibility index (Phi) is 4.95. The van der Waals surface area contributed by atoms with Crippen LogP contribution in [0.3, 0.4) is 0 Å². The zero-order valence-electron chi connectivity index (χ0n) is 9.23. The van der Waals surface area contributed by atoms with Gasteiger partial charge in [-0.3, -0.25) is 15.8 Å². The van der Waals surface area contributed by atoms with Crippen molar-refractivity contribution >= 4 is 35.8 Å². The maximum Gasteiger partial charge on any atom is 0.287 e. The van der Waals surface area contributed by atoms with Gasteiger partial charge in [-0.15, -0.1) is 24.0 Å². The van der Waals surface area contributed by atoms with Gasteiger partial charge in [0.1, 0.15) is 0 Å². The smallest absolute Gasteiger partial charge is 0.287 e. The molecular formula is C11H13IN4O. The lowest BCUT2D eigenvalue weighted by Crippen LogP contribution is -2.12. The van der Waals surface area contributed by atoms with E-state index >= 15 is 0 Å². The van der Waals surface area contributed by atoms with Crippen molar-refractivity contribution in [2.75, 3.05) is 12.4 Å². The van der Waals surface area contributed by atoms with E-state index in [0.29, 0.717) is 5.82 Å². The summed E-state index contributed by atoms with van der Waals surface area (Å²) in [5, 5.41) is 16.9. The molecule has 1 heterocycles. The van der Waals surface area contributed by atoms with E-state index < -0.39 is 0 Å². The monoisotopic (exact) mass is 344 g/mol. The quantitative estimate of drug-likeness (QED) is 0.446. The number of methoxy groups -OCH3 is 1. The van der Waals surface area contributed by atoms with Crippen LogP contribution in [0.5, 0.6) is 0 Å². The van der Waals surface area contributed by atoms with Crippen molar-refractivity contribution in [3.8, 4) is 11.3 Å². The molecule has 0 saturated carbocycles. The highest BCUT2D eigenvalue weighted by molar-refractivity contribution is 14.0. The number of benzene rings is 1. The molecule has 0 fully saturated rings. The van der Waals surface area contributed by atoms with E-state index in [1.54, 1.807) is 0 Å². The molecule has 0 aliphatic carbocycles. The number of anilines is 1. The van der Waals surface area contributed by atoms with Gasteiger partial charge < -0.3 is 4.74 Å². The lowest BCUT2D eigenvalue weighted by Gasteiger charge is -2.00. The van der Waals surface area contributed by atoms with E-state index in [2.05, 4.69) is 20.3 Å². The van der Waals surface area contributed by atoms with Crippen molar-refractivity contribution in [1.82, 2.24) is 10.2 Å². The van der Waals surface area contributed by atoms with Crippen molar-refractivity contribution in [1.29, 1.82) is 5.41 Å². The number of rotatable bonds is 2. The van der Waals surface area contributed by atoms with Gasteiger partial charge in [0.15, 0.2) is 5.82 Å². The molecule has 0 bridgehead atoms. The van der Waals surface area contributed by atoms with Gasteiger partial charge >= 0.3 is 0 Å². The van der Waals surface area contributed by atoms with Gasteiger partial charge in [0.05, 0.1) is 12.8 Å². The second kappa shape index (κ2) is 6.24. The fourth-order valence-corrected chi connectivity index (χ4v) is 1.32. The zero-order valence-corrected chi connectivity index (χ0v) is 11.6. The Morgan fingerprint density at radius 2 is 2.06 bits per heavy atom. The number of hydrogen-bond donors (Lipinski definition) is 3. The molecule has 0 saturated heterocycles. The number of H-pyrrole nitrogens is 1. The molecule has 0 unspecified atom stereocenters. The van der Waals surface area contributed by atoms with Crippen LogP contribution in [0, 0.1) is 5.41 Å². The summed E-state index contributed by atoms with van der Waals surface area (Å²) in [6, 6.07) is 11.6. The largest absolute Gasteiger partial charge is 0.469 e. The Balaban J connectivity index is 0.00000144. The summed E-state index contributed by atoms with van der Waals surface area (Å²) in [7, 11) is 1.43. The molecule has 3 N–H and O–H groups in total. The average Bonchev–Trinajstić information content (AvgIpc) is 2.78. The van der Waals surface area contributed by atoms with Crippen LogP contribution in [-0.4, -0.2) is 23.3 Å². The summed E-state index contributed by atoms with van der Waals surface area (Å²) >= 11 is 0. The molecule has 0 atom stereocenters. The van der Waals surface area contributed by atoms with Crippen LogP contribution in [0.25, 0.3) is 11.3 Å². The lowest BCUT2D eigenvalue weighted by molar-refractivity contribution is 0.398. The Labute approximate surface area is 116 Å². The van der Waals surface area contributed by atoms with Crippen LogP contribution in [0.4, 0.5) is 5.82 Å². The second-order valence-corrected chi connectivity index (χ2v) is 3.19. The van der Waals surface area contributed by atoms with Crippen LogP contribution in [0.1, 0.15) is 0 Å². The molecular weight excluding hydrogens is 331 g/mol. The molecule has 5 nitrogen and oxygen atoms in total. The number of amidine groups is 1. The zero-order chi connectivity index (χ0) is 11.4. The highest BCUT2D eigenvalue weighted by atomic mass is 127. The fraction of sp³-hybridized carbons (Fsp3) is 0.0909. The number of ether oxygens (including phenoxy) is 1. The first kappa shape index (κ1) is 13.5. The minimum atomic E-state index is -0.0360. The number of aromatic nitrogens is 2. The number of nitrogens with zero attached hydrogens (tertiary/aromatic N) is 1. The molecule has 1 aromatic heterocycles. The summed E-state index contributed by atoms with van der Waals surface area (Å²) in [6.07, 6.45) is 0. The summed E-state index contributed by atoms with van der Waals surface area (Å²) in [5.74, 6) is 0.561. The minimum Gasteiger partial charge on any atom is -0.469 e. The summed E-state index contributed by atoms with van der Waals surface area (Å²) in [5.41, 5.74) is 1.94. The Morgan fingerprint density at radius 3 is 2.71 bits per heavy atom. The van der Waals surface area contributed by atoms with Crippen molar-refractivity contribution in [3.63, 3.8) is 0 Å². The molecule has 0 aliphatic heterocycles. The van der Waals surface area contributed by atoms with Crippen molar-refractivity contribution in [2.45, 2.75) is 0 Å². The third-order valence-corrected chi connectivity index (χ3v) is 2.11. The van der Waals surface area contributed by atoms with E-state index in [1.165, 1.54) is 7.11 Å². The maximum absolute atomic E-state index is 7.30. The lowest BCUT2D eigenvalue weighted by atomic mass is 10.2. The van der Waals surface area contributed by atoms with E-state index in [9.17, 15) is 0 Å². The van der Waals surface area contributed by atoms with Gasteiger partial charge in [0.2, 0.25) is 0 Å². The van der Waals surface area contributed by atoms with E-state index in [1.807, 2.05) is 36.4 Å². The molecule has 0 aliphatic rings. The van der Waals surface area contributed by atoms with Crippen molar-refractivity contribution < 1.29 is 4.74 Å². The normalized spacial score (nSPS) is 9.24. The summed E-state index contributed by atoms with van der Waals surface area (Å²) in [6.45, 7) is 0. The maximum atomic E-state index is 7.30. The van der Waals surface area contributed by atoms with Crippen LogP contribution in [-0.2, 0) is 4.74 Å². The minimum absolute atomic E-state index is 0. The van der Waals surface area contributed by atoms with E-state index in [-0.39, 0.29) is 30.0 Å². The number of aromatic amines is 1. The Hall–Kier alpha value is -1.57. The molecule has 17 heavy (non-hydrogen) atoms. The average molecular weight is 344 g/mol. The predicted octanol–water partition coefficient (Wildman–Crippen LogP) is 2.69. The summed E-state index contributed by atoms with van der Waals surface area (Å²) < 4.78 is 4.69. The molecule has 90 valence electrons. The Bertz CT molecular complexity index is 483. The highest BCUT2D eigenvalue weighted by Gasteiger charge is 2.04. The molecule has 6 heteroatoms. The fourth-order valence-electron chi connectivity index (χ4n) is 1.32. The van der Waals surface area contributed by atoms with Gasteiger partial charge in [-0.1, -0.05) is 30.3 Å². The first-order valence-electron chi connectivity index (χ1n) is 4.80. The molecule has 0 amide bonds.